The highest BCUT2D eigenvalue weighted by atomic mass is 19.4. The number of nitrogens with one attached hydrogen (secondary N) is 2. The first kappa shape index (κ1) is 48.1. The predicted molar refractivity (Wildman–Crippen MR) is 234 cm³/mol. The largest absolute Gasteiger partial charge is 0.465 e. The Morgan fingerprint density at radius 3 is 1.26 bits per heavy atom. The van der Waals surface area contributed by atoms with Crippen molar-refractivity contribution in [1.29, 1.82) is 0 Å². The molecule has 3 aliphatic heterocycles. The molecule has 0 bridgehead atoms. The van der Waals surface area contributed by atoms with Crippen LogP contribution >= 0.6 is 0 Å². The molecule has 6 atom stereocenters. The van der Waals surface area contributed by atoms with Crippen LogP contribution in [-0.2, 0) is 36.4 Å². The Morgan fingerprint density at radius 2 is 0.969 bits per heavy atom. The molecular formula is C47H58F3N7O8. The molecule has 0 radical (unpaired) electrons. The third-order valence-corrected chi connectivity index (χ3v) is 13.3. The Balaban J connectivity index is 1.36. The van der Waals surface area contributed by atoms with E-state index in [1.54, 1.807) is 90.1 Å². The fourth-order valence-corrected chi connectivity index (χ4v) is 10.1. The summed E-state index contributed by atoms with van der Waals surface area (Å²) in [6.45, 7) is 10.6. The summed E-state index contributed by atoms with van der Waals surface area (Å²) in [5.74, 6) is -2.72. The van der Waals surface area contributed by atoms with E-state index in [-0.39, 0.29) is 25.9 Å². The van der Waals surface area contributed by atoms with E-state index in [2.05, 4.69) is 10.6 Å². The molecule has 3 aromatic carbocycles. The van der Waals surface area contributed by atoms with Crippen molar-refractivity contribution in [2.75, 3.05) is 18.0 Å². The maximum Gasteiger partial charge on any atom is 0.416 e. The third-order valence-electron chi connectivity index (χ3n) is 13.3. The van der Waals surface area contributed by atoms with E-state index in [0.717, 1.165) is 23.3 Å². The first-order valence-corrected chi connectivity index (χ1v) is 21.6. The average molecular weight is 906 g/mol. The topological polar surface area (TPSA) is 229 Å². The van der Waals surface area contributed by atoms with Gasteiger partial charge in [-0.1, -0.05) is 90.1 Å². The molecule has 15 nitrogen and oxygen atoms in total. The highest BCUT2D eigenvalue weighted by Gasteiger charge is 2.54. The lowest BCUT2D eigenvalue weighted by atomic mass is 9.82. The Labute approximate surface area is 375 Å². The minimum atomic E-state index is -4.57. The van der Waals surface area contributed by atoms with Crippen LogP contribution < -0.4 is 27.0 Å². The van der Waals surface area contributed by atoms with E-state index in [0.29, 0.717) is 42.5 Å². The standard InChI is InChI=1S/C47H58F3N7O8/c1-43(2,3)35(53-41(62)63)37(58)55-25-7-23-45(55,39(51)60)29-13-9-27(10-14-29)33-21-22-34(57(33)32-19-17-31(18-20-32)47(48,49)50)28-11-15-30(16-12-28)46(40(52)61)24-8-26-56(46)38(59)36(44(4,5)6)54-42(64)65/h9-20,33-36,53-54H,7-8,21-26H2,1-6H3,(H2,51,60)(H2,52,61)(H,62,63)(H,64,65)/t33-,34-,35+,36+,45-,46-/m0/s1. The Kier molecular flexibility index (Phi) is 13.0. The number of rotatable bonds is 11. The van der Waals surface area contributed by atoms with E-state index >= 15 is 0 Å². The number of likely N-dealkylation sites (tertiary alicyclic amines) is 2. The molecule has 3 aromatic rings. The molecule has 18 heteroatoms. The van der Waals surface area contributed by atoms with Gasteiger partial charge in [0.25, 0.3) is 0 Å². The van der Waals surface area contributed by atoms with E-state index in [1.165, 1.54) is 21.9 Å². The SMILES string of the molecule is CC(C)(C)[C@H](NC(=O)O)C(=O)N1CCC[C@@]1(C(N)=O)c1ccc([C@@H]2CC[C@@H](c3ccc([C@]4(C(N)=O)CCCN4C(=O)[C@@H](NC(=O)O)C(C)(C)C)cc3)N2c2ccc(C(F)(F)F)cc2)cc1. The van der Waals surface area contributed by atoms with Crippen LogP contribution in [0.4, 0.5) is 28.4 Å². The van der Waals surface area contributed by atoms with Crippen LogP contribution in [0.15, 0.2) is 72.8 Å². The smallest absolute Gasteiger partial charge is 0.416 e. The summed E-state index contributed by atoms with van der Waals surface area (Å²) in [7, 11) is 0. The van der Waals surface area contributed by atoms with Crippen LogP contribution in [0.5, 0.6) is 0 Å². The van der Waals surface area contributed by atoms with Crippen LogP contribution in [0.3, 0.4) is 0 Å². The Morgan fingerprint density at radius 1 is 0.615 bits per heavy atom. The van der Waals surface area contributed by atoms with E-state index in [4.69, 9.17) is 11.5 Å². The van der Waals surface area contributed by atoms with Gasteiger partial charge in [0.1, 0.15) is 23.2 Å². The van der Waals surface area contributed by atoms with Gasteiger partial charge in [-0.15, -0.1) is 0 Å². The number of halogens is 3. The first-order valence-electron chi connectivity index (χ1n) is 21.6. The zero-order chi connectivity index (χ0) is 48.0. The van der Waals surface area contributed by atoms with Crippen LogP contribution in [0.1, 0.15) is 120 Å². The second-order valence-corrected chi connectivity index (χ2v) is 19.4. The van der Waals surface area contributed by atoms with Crippen molar-refractivity contribution >= 4 is 41.5 Å². The van der Waals surface area contributed by atoms with Gasteiger partial charge in [0.2, 0.25) is 23.6 Å². The summed E-state index contributed by atoms with van der Waals surface area (Å²) in [5, 5.41) is 23.8. The van der Waals surface area contributed by atoms with E-state index in [9.17, 15) is 52.2 Å². The van der Waals surface area contributed by atoms with Gasteiger partial charge < -0.3 is 47.0 Å². The lowest BCUT2D eigenvalue weighted by molar-refractivity contribution is -0.147. The summed E-state index contributed by atoms with van der Waals surface area (Å²) in [6, 6.07) is 15.8. The minimum absolute atomic E-state index is 0.163. The second kappa shape index (κ2) is 17.6. The van der Waals surface area contributed by atoms with Gasteiger partial charge in [-0.05, 0) is 95.9 Å². The minimum Gasteiger partial charge on any atom is -0.465 e. The number of carboxylic acid groups (broad SMARTS) is 2. The summed E-state index contributed by atoms with van der Waals surface area (Å²) in [5.41, 5.74) is 9.45. The number of carbonyl (C=O) groups is 6. The summed E-state index contributed by atoms with van der Waals surface area (Å²) in [6.07, 6.45) is -4.99. The van der Waals surface area contributed by atoms with Crippen molar-refractivity contribution in [3.8, 4) is 0 Å². The highest BCUT2D eigenvalue weighted by Crippen LogP contribution is 2.49. The van der Waals surface area contributed by atoms with Gasteiger partial charge in [-0.25, -0.2) is 9.59 Å². The van der Waals surface area contributed by atoms with Gasteiger partial charge in [0.15, 0.2) is 0 Å². The van der Waals surface area contributed by atoms with Crippen LogP contribution in [0, 0.1) is 10.8 Å². The van der Waals surface area contributed by atoms with Gasteiger partial charge in [0, 0.05) is 18.8 Å². The van der Waals surface area contributed by atoms with Crippen molar-refractivity contribution < 1.29 is 52.2 Å². The van der Waals surface area contributed by atoms with Gasteiger partial charge >= 0.3 is 18.4 Å². The molecule has 6 rings (SSSR count). The molecule has 0 aromatic heterocycles. The molecule has 0 unspecified atom stereocenters. The number of primary amides is 2. The molecule has 3 saturated heterocycles. The van der Waals surface area contributed by atoms with Crippen LogP contribution in [0.25, 0.3) is 0 Å². The molecular weight excluding hydrogens is 848 g/mol. The lowest BCUT2D eigenvalue weighted by Crippen LogP contribution is -2.61. The summed E-state index contributed by atoms with van der Waals surface area (Å²) < 4.78 is 41.3. The normalized spacial score (nSPS) is 23.5. The fraction of sp³-hybridized carbons (Fsp3) is 0.489. The molecule has 0 aliphatic carbocycles. The summed E-state index contributed by atoms with van der Waals surface area (Å²) in [4.78, 5) is 83.4. The van der Waals surface area contributed by atoms with Crippen LogP contribution in [-0.4, -0.2) is 81.0 Å². The lowest BCUT2D eigenvalue weighted by Gasteiger charge is -2.41. The quantitative estimate of drug-likeness (QED) is 0.119. The van der Waals surface area contributed by atoms with Crippen molar-refractivity contribution in [2.24, 2.45) is 22.3 Å². The van der Waals surface area contributed by atoms with Gasteiger partial charge in [-0.3, -0.25) is 19.2 Å². The molecule has 65 heavy (non-hydrogen) atoms. The second-order valence-electron chi connectivity index (χ2n) is 19.4. The maximum atomic E-state index is 14.1. The number of hydrogen-bond donors (Lipinski definition) is 6. The van der Waals surface area contributed by atoms with E-state index < -0.39 is 93.6 Å². The molecule has 3 fully saturated rings. The molecule has 3 heterocycles. The number of hydrogen-bond acceptors (Lipinski definition) is 7. The highest BCUT2D eigenvalue weighted by molar-refractivity contribution is 5.96. The number of benzene rings is 3. The van der Waals surface area contributed by atoms with Gasteiger partial charge in [-0.2, -0.15) is 13.2 Å². The number of alkyl halides is 3. The number of amides is 6. The van der Waals surface area contributed by atoms with E-state index in [1.807, 2.05) is 4.90 Å². The Hall–Kier alpha value is -6.33. The zero-order valence-corrected chi connectivity index (χ0v) is 37.4. The average Bonchev–Trinajstić information content (AvgIpc) is 3.99. The molecule has 0 spiro atoms. The van der Waals surface area contributed by atoms with Crippen molar-refractivity contribution in [3.63, 3.8) is 0 Å². The summed E-state index contributed by atoms with van der Waals surface area (Å²) >= 11 is 0. The number of anilines is 1. The number of carbonyl (C=O) groups excluding carboxylic acids is 4. The maximum absolute atomic E-state index is 14.1. The van der Waals surface area contributed by atoms with Crippen molar-refractivity contribution in [2.45, 2.75) is 121 Å². The monoisotopic (exact) mass is 905 g/mol. The van der Waals surface area contributed by atoms with Crippen molar-refractivity contribution in [3.05, 3.63) is 101 Å². The zero-order valence-electron chi connectivity index (χ0n) is 37.4. The first-order chi connectivity index (χ1) is 30.2. The molecule has 8 N–H and O–H groups in total. The Bertz CT molecular complexity index is 2180. The number of nitrogens with two attached hydrogens (primary N) is 2. The van der Waals surface area contributed by atoms with Crippen LogP contribution in [0.2, 0.25) is 0 Å². The molecule has 3 aliphatic rings. The fourth-order valence-electron chi connectivity index (χ4n) is 10.1. The molecule has 6 amide bonds. The molecule has 350 valence electrons. The predicted octanol–water partition coefficient (Wildman–Crippen LogP) is 6.76. The van der Waals surface area contributed by atoms with Crippen molar-refractivity contribution in [1.82, 2.24) is 20.4 Å². The third kappa shape index (κ3) is 9.03. The van der Waals surface area contributed by atoms with Gasteiger partial charge in [0.05, 0.1) is 17.6 Å². The molecule has 0 saturated carbocycles. The number of nitrogens with zero attached hydrogens (tertiary/aromatic N) is 3.